The van der Waals surface area contributed by atoms with E-state index in [4.69, 9.17) is 0 Å². The lowest BCUT2D eigenvalue weighted by molar-refractivity contribution is 0.112. The number of hydrogen-bond donors (Lipinski definition) is 0. The number of hydrogen-bond acceptors (Lipinski definition) is 3. The lowest BCUT2D eigenvalue weighted by Gasteiger charge is -2.00. The Morgan fingerprint density at radius 3 is 2.64 bits per heavy atom. The summed E-state index contributed by atoms with van der Waals surface area (Å²) in [7, 11) is -3.26. The van der Waals surface area contributed by atoms with Crippen LogP contribution in [0.4, 0.5) is 0 Å². The highest BCUT2D eigenvalue weighted by atomic mass is 32.2. The van der Waals surface area contributed by atoms with E-state index in [2.05, 4.69) is 0 Å². The lowest BCUT2D eigenvalue weighted by Crippen LogP contribution is -1.94. The molecule has 0 unspecified atom stereocenters. The standard InChI is InChI=1S/C10H8O3S/c1-7-6-14(12,13)10-3-2-8(5-11)4-9(7)10/h2-6H,1H3. The Kier molecular flexibility index (Phi) is 1.82. The van der Waals surface area contributed by atoms with Crippen LogP contribution in [-0.2, 0) is 9.84 Å². The summed E-state index contributed by atoms with van der Waals surface area (Å²) in [5.41, 5.74) is 1.81. The van der Waals surface area contributed by atoms with Crippen LogP contribution >= 0.6 is 0 Å². The first-order chi connectivity index (χ1) is 6.54. The van der Waals surface area contributed by atoms with Gasteiger partial charge in [0, 0.05) is 11.0 Å². The first-order valence-electron chi connectivity index (χ1n) is 4.07. The van der Waals surface area contributed by atoms with Crippen LogP contribution in [0.3, 0.4) is 0 Å². The van der Waals surface area contributed by atoms with Crippen molar-refractivity contribution >= 4 is 21.7 Å². The van der Waals surface area contributed by atoms with Crippen LogP contribution in [0.25, 0.3) is 5.57 Å². The van der Waals surface area contributed by atoms with E-state index in [1.54, 1.807) is 13.0 Å². The van der Waals surface area contributed by atoms with Gasteiger partial charge in [-0.25, -0.2) is 8.42 Å². The van der Waals surface area contributed by atoms with Crippen molar-refractivity contribution in [3.05, 3.63) is 34.7 Å². The molecule has 1 heterocycles. The van der Waals surface area contributed by atoms with E-state index in [1.165, 1.54) is 17.5 Å². The average Bonchev–Trinajstić information content (AvgIpc) is 2.37. The van der Waals surface area contributed by atoms with Crippen molar-refractivity contribution < 1.29 is 13.2 Å². The SMILES string of the molecule is CC1=CS(=O)(=O)c2ccc(C=O)cc21. The minimum atomic E-state index is -3.26. The Morgan fingerprint density at radius 1 is 1.29 bits per heavy atom. The number of carbonyl (C=O) groups is 1. The van der Waals surface area contributed by atoms with Gasteiger partial charge in [0.25, 0.3) is 0 Å². The smallest absolute Gasteiger partial charge is 0.200 e. The molecule has 72 valence electrons. The third kappa shape index (κ3) is 1.19. The number of aldehydes is 1. The largest absolute Gasteiger partial charge is 0.298 e. The van der Waals surface area contributed by atoms with E-state index >= 15 is 0 Å². The van der Waals surface area contributed by atoms with Gasteiger partial charge in [-0.15, -0.1) is 0 Å². The van der Waals surface area contributed by atoms with E-state index in [0.29, 0.717) is 27.9 Å². The van der Waals surface area contributed by atoms with Gasteiger partial charge < -0.3 is 0 Å². The van der Waals surface area contributed by atoms with E-state index in [1.807, 2.05) is 0 Å². The fraction of sp³-hybridized carbons (Fsp3) is 0.100. The molecule has 1 aromatic carbocycles. The second-order valence-corrected chi connectivity index (χ2v) is 4.98. The Hall–Kier alpha value is -1.42. The molecule has 3 nitrogen and oxygen atoms in total. The molecular weight excluding hydrogens is 200 g/mol. The summed E-state index contributed by atoms with van der Waals surface area (Å²) in [6.45, 7) is 1.72. The molecule has 1 aliphatic heterocycles. The van der Waals surface area contributed by atoms with Crippen molar-refractivity contribution in [3.63, 3.8) is 0 Å². The van der Waals surface area contributed by atoms with Gasteiger partial charge in [-0.1, -0.05) is 6.07 Å². The predicted octanol–water partition coefficient (Wildman–Crippen LogP) is 1.65. The normalized spacial score (nSPS) is 17.4. The topological polar surface area (TPSA) is 51.2 Å². The monoisotopic (exact) mass is 208 g/mol. The zero-order valence-electron chi connectivity index (χ0n) is 7.52. The quantitative estimate of drug-likeness (QED) is 0.659. The Balaban J connectivity index is 2.77. The summed E-state index contributed by atoms with van der Waals surface area (Å²) < 4.78 is 23.0. The first kappa shape index (κ1) is 9.15. The number of rotatable bonds is 1. The number of sulfone groups is 1. The molecule has 0 radical (unpaired) electrons. The summed E-state index contributed by atoms with van der Waals surface area (Å²) in [5.74, 6) is 0. The molecule has 14 heavy (non-hydrogen) atoms. The molecule has 1 aliphatic rings. The second kappa shape index (κ2) is 2.78. The van der Waals surface area contributed by atoms with Crippen molar-refractivity contribution in [3.8, 4) is 0 Å². The van der Waals surface area contributed by atoms with Gasteiger partial charge in [0.2, 0.25) is 9.84 Å². The molecule has 0 spiro atoms. The fourth-order valence-electron chi connectivity index (χ4n) is 1.54. The average molecular weight is 208 g/mol. The molecule has 4 heteroatoms. The zero-order valence-corrected chi connectivity index (χ0v) is 8.34. The van der Waals surface area contributed by atoms with E-state index in [-0.39, 0.29) is 0 Å². The van der Waals surface area contributed by atoms with E-state index in [0.717, 1.165) is 0 Å². The van der Waals surface area contributed by atoms with Gasteiger partial charge in [-0.2, -0.15) is 0 Å². The number of fused-ring (bicyclic) bond motifs is 1. The maximum absolute atomic E-state index is 11.5. The van der Waals surface area contributed by atoms with Crippen molar-refractivity contribution in [1.82, 2.24) is 0 Å². The Labute approximate surface area is 82.0 Å². The number of allylic oxidation sites excluding steroid dienone is 1. The van der Waals surface area contributed by atoms with Crippen LogP contribution in [0.5, 0.6) is 0 Å². The molecule has 2 rings (SSSR count). The molecule has 0 bridgehead atoms. The third-order valence-corrected chi connectivity index (χ3v) is 3.84. The van der Waals surface area contributed by atoms with E-state index in [9.17, 15) is 13.2 Å². The maximum atomic E-state index is 11.5. The van der Waals surface area contributed by atoms with Gasteiger partial charge in [0.1, 0.15) is 6.29 Å². The summed E-state index contributed by atoms with van der Waals surface area (Å²) >= 11 is 0. The van der Waals surface area contributed by atoms with Gasteiger partial charge in [-0.3, -0.25) is 4.79 Å². The molecule has 0 atom stereocenters. The molecule has 0 fully saturated rings. The van der Waals surface area contributed by atoms with Gasteiger partial charge in [-0.05, 0) is 30.2 Å². The van der Waals surface area contributed by atoms with Gasteiger partial charge in [0.05, 0.1) is 4.90 Å². The highest BCUT2D eigenvalue weighted by Crippen LogP contribution is 2.33. The van der Waals surface area contributed by atoms with Crippen molar-refractivity contribution in [2.75, 3.05) is 0 Å². The van der Waals surface area contributed by atoms with Crippen LogP contribution < -0.4 is 0 Å². The predicted molar refractivity (Wildman–Crippen MR) is 52.7 cm³/mol. The van der Waals surface area contributed by atoms with Crippen molar-refractivity contribution in [2.24, 2.45) is 0 Å². The van der Waals surface area contributed by atoms with Gasteiger partial charge >= 0.3 is 0 Å². The molecule has 0 N–H and O–H groups in total. The lowest BCUT2D eigenvalue weighted by atomic mass is 10.1. The summed E-state index contributed by atoms with van der Waals surface area (Å²) in [6.07, 6.45) is 0.707. The summed E-state index contributed by atoms with van der Waals surface area (Å²) in [5, 5.41) is 1.23. The minimum absolute atomic E-state index is 0.292. The Morgan fingerprint density at radius 2 is 2.00 bits per heavy atom. The second-order valence-electron chi connectivity index (χ2n) is 3.22. The molecule has 1 aromatic rings. The molecule has 0 aliphatic carbocycles. The molecular formula is C10H8O3S. The summed E-state index contributed by atoms with van der Waals surface area (Å²) in [6, 6.07) is 4.58. The molecule has 0 saturated heterocycles. The van der Waals surface area contributed by atoms with Crippen LogP contribution in [-0.4, -0.2) is 14.7 Å². The third-order valence-electron chi connectivity index (χ3n) is 2.20. The highest BCUT2D eigenvalue weighted by molar-refractivity contribution is 7.95. The van der Waals surface area contributed by atoms with E-state index < -0.39 is 9.84 Å². The highest BCUT2D eigenvalue weighted by Gasteiger charge is 2.24. The first-order valence-corrected chi connectivity index (χ1v) is 5.62. The van der Waals surface area contributed by atoms with Gasteiger partial charge in [0.15, 0.2) is 0 Å². The van der Waals surface area contributed by atoms with Crippen LogP contribution in [0.2, 0.25) is 0 Å². The maximum Gasteiger partial charge on any atom is 0.200 e. The zero-order chi connectivity index (χ0) is 10.3. The molecule has 0 saturated carbocycles. The molecule has 0 aromatic heterocycles. The fourth-order valence-corrected chi connectivity index (χ4v) is 3.04. The van der Waals surface area contributed by atoms with Crippen LogP contribution in [0.15, 0.2) is 28.5 Å². The number of carbonyl (C=O) groups excluding carboxylic acids is 1. The van der Waals surface area contributed by atoms with Crippen LogP contribution in [0, 0.1) is 0 Å². The molecule has 0 amide bonds. The minimum Gasteiger partial charge on any atom is -0.298 e. The van der Waals surface area contributed by atoms with Crippen molar-refractivity contribution in [2.45, 2.75) is 11.8 Å². The van der Waals surface area contributed by atoms with Crippen LogP contribution in [0.1, 0.15) is 22.8 Å². The van der Waals surface area contributed by atoms with Crippen molar-refractivity contribution in [1.29, 1.82) is 0 Å². The Bertz CT molecular complexity index is 538. The summed E-state index contributed by atoms with van der Waals surface area (Å²) in [4.78, 5) is 10.8. The number of benzene rings is 1.